The topological polar surface area (TPSA) is 0 Å². The molecule has 0 aliphatic heterocycles. The van der Waals surface area contributed by atoms with Crippen molar-refractivity contribution in [3.63, 3.8) is 0 Å². The Morgan fingerprint density at radius 2 is 2.14 bits per heavy atom. The van der Waals surface area contributed by atoms with Gasteiger partial charge in [0.05, 0.1) is 0 Å². The minimum atomic E-state index is 0.466. The van der Waals surface area contributed by atoms with Gasteiger partial charge in [0.1, 0.15) is 0 Å². The summed E-state index contributed by atoms with van der Waals surface area (Å²) in [6, 6.07) is 0. The Morgan fingerprint density at radius 1 is 1.36 bits per heavy atom. The lowest BCUT2D eigenvalue weighted by Crippen LogP contribution is -2.14. The molecule has 0 nitrogen and oxygen atoms in total. The first-order valence-corrected chi connectivity index (χ1v) is 5.79. The van der Waals surface area contributed by atoms with Crippen LogP contribution in [0.1, 0.15) is 40.0 Å². The highest BCUT2D eigenvalue weighted by molar-refractivity contribution is 5.43. The molecule has 0 N–H and O–H groups in total. The summed E-state index contributed by atoms with van der Waals surface area (Å²) >= 11 is 0. The van der Waals surface area contributed by atoms with E-state index in [1.807, 2.05) is 0 Å². The Labute approximate surface area is 87.4 Å². The van der Waals surface area contributed by atoms with Crippen LogP contribution in [0.2, 0.25) is 0 Å². The maximum absolute atomic E-state index is 2.43. The zero-order valence-electron chi connectivity index (χ0n) is 9.51. The van der Waals surface area contributed by atoms with Gasteiger partial charge >= 0.3 is 0 Å². The van der Waals surface area contributed by atoms with Gasteiger partial charge in [-0.2, -0.15) is 0 Å². The molecule has 0 aromatic heterocycles. The van der Waals surface area contributed by atoms with Crippen molar-refractivity contribution in [3.05, 3.63) is 35.5 Å². The smallest absolute Gasteiger partial charge is 0.00291 e. The molecular weight excluding hydrogens is 168 g/mol. The fraction of sp³-hybridized carbons (Fsp3) is 0.571. The van der Waals surface area contributed by atoms with E-state index in [4.69, 9.17) is 0 Å². The van der Waals surface area contributed by atoms with E-state index in [0.29, 0.717) is 11.3 Å². The first-order valence-electron chi connectivity index (χ1n) is 5.79. The van der Waals surface area contributed by atoms with E-state index in [1.54, 1.807) is 11.1 Å². The third-order valence-electron chi connectivity index (χ3n) is 4.01. The van der Waals surface area contributed by atoms with Gasteiger partial charge in [0, 0.05) is 5.92 Å². The van der Waals surface area contributed by atoms with E-state index in [2.05, 4.69) is 45.1 Å². The lowest BCUT2D eigenvalue weighted by Gasteiger charge is -2.26. The Hall–Kier alpha value is -0.780. The molecule has 2 aliphatic rings. The molecular formula is C14H20. The van der Waals surface area contributed by atoms with Crippen LogP contribution in [0.3, 0.4) is 0 Å². The molecule has 2 atom stereocenters. The zero-order chi connectivity index (χ0) is 10.2. The van der Waals surface area contributed by atoms with Gasteiger partial charge in [-0.1, -0.05) is 50.6 Å². The van der Waals surface area contributed by atoms with Crippen LogP contribution in [0.25, 0.3) is 0 Å². The minimum Gasteiger partial charge on any atom is -0.0770 e. The fourth-order valence-electron chi connectivity index (χ4n) is 3.03. The van der Waals surface area contributed by atoms with E-state index in [1.165, 1.54) is 19.3 Å². The monoisotopic (exact) mass is 188 g/mol. The molecule has 0 heteroatoms. The summed E-state index contributed by atoms with van der Waals surface area (Å²) in [4.78, 5) is 0. The number of hydrogen-bond acceptors (Lipinski definition) is 0. The van der Waals surface area contributed by atoms with Gasteiger partial charge in [-0.15, -0.1) is 0 Å². The highest BCUT2D eigenvalue weighted by atomic mass is 14.4. The summed E-state index contributed by atoms with van der Waals surface area (Å²) in [6.07, 6.45) is 12.9. The van der Waals surface area contributed by atoms with E-state index in [9.17, 15) is 0 Å². The van der Waals surface area contributed by atoms with Gasteiger partial charge in [0.25, 0.3) is 0 Å². The molecule has 0 aromatic rings. The van der Waals surface area contributed by atoms with Crippen LogP contribution in [-0.4, -0.2) is 0 Å². The molecule has 14 heavy (non-hydrogen) atoms. The van der Waals surface area contributed by atoms with Gasteiger partial charge in [-0.25, -0.2) is 0 Å². The number of hydrogen-bond donors (Lipinski definition) is 0. The average molecular weight is 188 g/mol. The molecule has 2 rings (SSSR count). The van der Waals surface area contributed by atoms with Crippen molar-refractivity contribution in [1.29, 1.82) is 0 Å². The maximum Gasteiger partial charge on any atom is 0.00291 e. The van der Waals surface area contributed by atoms with Crippen molar-refractivity contribution in [2.45, 2.75) is 40.0 Å². The first-order chi connectivity index (χ1) is 6.71. The largest absolute Gasteiger partial charge is 0.0770 e. The van der Waals surface area contributed by atoms with Crippen LogP contribution >= 0.6 is 0 Å². The van der Waals surface area contributed by atoms with Gasteiger partial charge in [-0.3, -0.25) is 0 Å². The number of allylic oxidation sites excluding steroid dienone is 6. The van der Waals surface area contributed by atoms with Crippen molar-refractivity contribution in [2.24, 2.45) is 11.3 Å². The van der Waals surface area contributed by atoms with Crippen LogP contribution in [-0.2, 0) is 0 Å². The van der Waals surface area contributed by atoms with Crippen molar-refractivity contribution in [3.8, 4) is 0 Å². The third-order valence-corrected chi connectivity index (χ3v) is 4.01. The average Bonchev–Trinajstić information content (AvgIpc) is 2.50. The summed E-state index contributed by atoms with van der Waals surface area (Å²) in [7, 11) is 0. The molecule has 76 valence electrons. The molecule has 0 saturated carbocycles. The van der Waals surface area contributed by atoms with Crippen LogP contribution in [0, 0.1) is 11.3 Å². The maximum atomic E-state index is 2.43. The number of fused-ring (bicyclic) bond motifs is 1. The second-order valence-electron chi connectivity index (χ2n) is 4.76. The van der Waals surface area contributed by atoms with Crippen molar-refractivity contribution >= 4 is 0 Å². The van der Waals surface area contributed by atoms with Gasteiger partial charge in [0.15, 0.2) is 0 Å². The Bertz CT molecular complexity index is 317. The number of rotatable bonds is 2. The predicted molar refractivity (Wildman–Crippen MR) is 62.1 cm³/mol. The molecule has 2 aliphatic carbocycles. The fourth-order valence-corrected chi connectivity index (χ4v) is 3.03. The molecule has 0 aromatic carbocycles. The molecule has 0 spiro atoms. The van der Waals surface area contributed by atoms with Crippen molar-refractivity contribution in [1.82, 2.24) is 0 Å². The second kappa shape index (κ2) is 3.42. The normalized spacial score (nSPS) is 35.2. The summed E-state index contributed by atoms with van der Waals surface area (Å²) < 4.78 is 0. The quantitative estimate of drug-likeness (QED) is 0.607. The van der Waals surface area contributed by atoms with E-state index in [0.717, 1.165) is 0 Å². The Balaban J connectivity index is 2.43. The highest BCUT2D eigenvalue weighted by Crippen LogP contribution is 2.51. The van der Waals surface area contributed by atoms with Gasteiger partial charge in [-0.05, 0) is 30.3 Å². The molecule has 0 bridgehead atoms. The van der Waals surface area contributed by atoms with E-state index in [-0.39, 0.29) is 0 Å². The SMILES string of the molecule is CCC1=C2C=CC=CC2CC1(C)CC. The van der Waals surface area contributed by atoms with Gasteiger partial charge < -0.3 is 0 Å². The lowest BCUT2D eigenvalue weighted by atomic mass is 9.79. The van der Waals surface area contributed by atoms with E-state index >= 15 is 0 Å². The van der Waals surface area contributed by atoms with Crippen LogP contribution in [0.5, 0.6) is 0 Å². The standard InChI is InChI=1S/C14H20/c1-4-13-12-9-7-6-8-11(12)10-14(13,3)5-2/h6-9,11H,4-5,10H2,1-3H3. The summed E-state index contributed by atoms with van der Waals surface area (Å²) in [5.41, 5.74) is 3.78. The Morgan fingerprint density at radius 3 is 2.79 bits per heavy atom. The molecule has 0 heterocycles. The lowest BCUT2D eigenvalue weighted by molar-refractivity contribution is 0.351. The molecule has 2 unspecified atom stereocenters. The zero-order valence-corrected chi connectivity index (χ0v) is 9.51. The Kier molecular flexibility index (Phi) is 2.38. The molecule has 0 saturated heterocycles. The molecule has 0 amide bonds. The van der Waals surface area contributed by atoms with Crippen molar-refractivity contribution < 1.29 is 0 Å². The van der Waals surface area contributed by atoms with Crippen LogP contribution in [0.4, 0.5) is 0 Å². The summed E-state index contributed by atoms with van der Waals surface area (Å²) in [5.74, 6) is 0.708. The van der Waals surface area contributed by atoms with Gasteiger partial charge in [0.2, 0.25) is 0 Å². The first kappa shape index (κ1) is 9.76. The van der Waals surface area contributed by atoms with Crippen LogP contribution in [0.15, 0.2) is 35.5 Å². The second-order valence-corrected chi connectivity index (χ2v) is 4.76. The minimum absolute atomic E-state index is 0.466. The van der Waals surface area contributed by atoms with E-state index < -0.39 is 0 Å². The molecule has 0 fully saturated rings. The van der Waals surface area contributed by atoms with Crippen LogP contribution < -0.4 is 0 Å². The van der Waals surface area contributed by atoms with Crippen molar-refractivity contribution in [2.75, 3.05) is 0 Å². The third kappa shape index (κ3) is 1.28. The summed E-state index contributed by atoms with van der Waals surface area (Å²) in [5, 5.41) is 0. The summed E-state index contributed by atoms with van der Waals surface area (Å²) in [6.45, 7) is 7.05. The highest BCUT2D eigenvalue weighted by Gasteiger charge is 2.38. The predicted octanol–water partition coefficient (Wildman–Crippen LogP) is 4.26. The molecule has 0 radical (unpaired) electrons.